The first-order valence-electron chi connectivity index (χ1n) is 6.19. The molecule has 1 aromatic rings. The number of benzene rings is 1. The Bertz CT molecular complexity index is 309. The van der Waals surface area contributed by atoms with Crippen molar-refractivity contribution in [1.29, 1.82) is 0 Å². The predicted octanol–water partition coefficient (Wildman–Crippen LogP) is 2.77. The van der Waals surface area contributed by atoms with Gasteiger partial charge in [0, 0.05) is 6.61 Å². The Kier molecular flexibility index (Phi) is 6.01. The maximum Gasteiger partial charge on any atom is 0.119 e. The first-order chi connectivity index (χ1) is 8.17. The van der Waals surface area contributed by atoms with Crippen LogP contribution in [0.4, 0.5) is 0 Å². The molecule has 96 valence electrons. The molecular weight excluding hydrogens is 214 g/mol. The van der Waals surface area contributed by atoms with Gasteiger partial charge in [-0.15, -0.1) is 0 Å². The van der Waals surface area contributed by atoms with E-state index in [-0.39, 0.29) is 12.1 Å². The molecular formula is C14H23NO2. The van der Waals surface area contributed by atoms with Gasteiger partial charge in [-0.25, -0.2) is 0 Å². The largest absolute Gasteiger partial charge is 0.491 e. The lowest BCUT2D eigenvalue weighted by atomic mass is 10.1. The van der Waals surface area contributed by atoms with Crippen LogP contribution in [0.25, 0.3) is 0 Å². The second kappa shape index (κ2) is 7.30. The topological polar surface area (TPSA) is 30.5 Å². The summed E-state index contributed by atoms with van der Waals surface area (Å²) in [5.41, 5.74) is 1.22. The Hall–Kier alpha value is -1.06. The molecule has 0 aliphatic rings. The maximum atomic E-state index is 5.61. The van der Waals surface area contributed by atoms with Crippen molar-refractivity contribution in [3.8, 4) is 5.75 Å². The zero-order valence-corrected chi connectivity index (χ0v) is 11.2. The summed E-state index contributed by atoms with van der Waals surface area (Å²) in [6, 6.07) is 8.41. The van der Waals surface area contributed by atoms with Crippen LogP contribution in [-0.2, 0) is 4.74 Å². The third-order valence-corrected chi connectivity index (χ3v) is 2.49. The van der Waals surface area contributed by atoms with E-state index in [9.17, 15) is 0 Å². The van der Waals surface area contributed by atoms with Gasteiger partial charge in [0.25, 0.3) is 0 Å². The van der Waals surface area contributed by atoms with Crippen LogP contribution < -0.4 is 10.1 Å². The summed E-state index contributed by atoms with van der Waals surface area (Å²) in [5.74, 6) is 0.912. The van der Waals surface area contributed by atoms with Crippen LogP contribution in [0.5, 0.6) is 5.75 Å². The fourth-order valence-electron chi connectivity index (χ4n) is 1.63. The van der Waals surface area contributed by atoms with Gasteiger partial charge in [0.15, 0.2) is 0 Å². The van der Waals surface area contributed by atoms with Crippen molar-refractivity contribution in [2.24, 2.45) is 0 Å². The Morgan fingerprint density at radius 2 is 1.82 bits per heavy atom. The smallest absolute Gasteiger partial charge is 0.119 e. The van der Waals surface area contributed by atoms with E-state index in [4.69, 9.17) is 9.47 Å². The van der Waals surface area contributed by atoms with Gasteiger partial charge < -0.3 is 14.8 Å². The van der Waals surface area contributed by atoms with Crippen LogP contribution in [0.15, 0.2) is 24.3 Å². The molecule has 0 fully saturated rings. The van der Waals surface area contributed by atoms with Crippen molar-refractivity contribution in [3.63, 3.8) is 0 Å². The molecule has 3 heteroatoms. The number of likely N-dealkylation sites (N-methyl/N-ethyl adjacent to an activating group) is 1. The summed E-state index contributed by atoms with van der Waals surface area (Å²) >= 11 is 0. The Morgan fingerprint density at radius 1 is 1.18 bits per heavy atom. The molecule has 0 radical (unpaired) electrons. The Labute approximate surface area is 104 Å². The van der Waals surface area contributed by atoms with Crippen molar-refractivity contribution in [2.45, 2.75) is 32.9 Å². The normalized spacial score (nSPS) is 12.8. The van der Waals surface area contributed by atoms with Crippen LogP contribution in [0.2, 0.25) is 0 Å². The van der Waals surface area contributed by atoms with Gasteiger partial charge in [-0.1, -0.05) is 12.1 Å². The van der Waals surface area contributed by atoms with Gasteiger partial charge in [-0.2, -0.15) is 0 Å². The monoisotopic (exact) mass is 237 g/mol. The van der Waals surface area contributed by atoms with E-state index in [2.05, 4.69) is 17.4 Å². The number of ether oxygens (including phenoxy) is 2. The number of nitrogens with one attached hydrogen (secondary N) is 1. The molecule has 1 N–H and O–H groups in total. The van der Waals surface area contributed by atoms with Crippen molar-refractivity contribution in [3.05, 3.63) is 29.8 Å². The molecule has 1 atom stereocenters. The van der Waals surface area contributed by atoms with E-state index >= 15 is 0 Å². The van der Waals surface area contributed by atoms with E-state index in [0.717, 1.165) is 12.4 Å². The molecule has 17 heavy (non-hydrogen) atoms. The summed E-state index contributed by atoms with van der Waals surface area (Å²) < 4.78 is 11.1. The highest BCUT2D eigenvalue weighted by atomic mass is 16.5. The molecule has 3 nitrogen and oxygen atoms in total. The minimum Gasteiger partial charge on any atom is -0.491 e. The molecule has 0 aliphatic carbocycles. The first-order valence-corrected chi connectivity index (χ1v) is 6.19. The summed E-state index contributed by atoms with van der Waals surface area (Å²) in [6.07, 6.45) is 0.212. The average molecular weight is 237 g/mol. The zero-order valence-electron chi connectivity index (χ0n) is 11.2. The molecule has 0 spiro atoms. The molecule has 0 aromatic heterocycles. The van der Waals surface area contributed by atoms with Gasteiger partial charge in [0.1, 0.15) is 5.75 Å². The minimum atomic E-state index is 0.212. The lowest BCUT2D eigenvalue weighted by Crippen LogP contribution is -2.21. The highest BCUT2D eigenvalue weighted by molar-refractivity contribution is 5.29. The molecule has 0 saturated carbocycles. The van der Waals surface area contributed by atoms with Gasteiger partial charge >= 0.3 is 0 Å². The van der Waals surface area contributed by atoms with E-state index in [1.165, 1.54) is 5.56 Å². The van der Waals surface area contributed by atoms with Gasteiger partial charge in [0.05, 0.1) is 18.8 Å². The molecule has 1 aromatic carbocycles. The quantitative estimate of drug-likeness (QED) is 0.791. The SMILES string of the molecule is CCOCC(NC)c1ccc(OC(C)C)cc1. The summed E-state index contributed by atoms with van der Waals surface area (Å²) in [7, 11) is 1.95. The summed E-state index contributed by atoms with van der Waals surface area (Å²) in [4.78, 5) is 0. The lowest BCUT2D eigenvalue weighted by molar-refractivity contribution is 0.125. The second-order valence-corrected chi connectivity index (χ2v) is 4.24. The third kappa shape index (κ3) is 4.75. The van der Waals surface area contributed by atoms with Crippen LogP contribution in [0, 0.1) is 0 Å². The molecule has 0 saturated heterocycles. The van der Waals surface area contributed by atoms with E-state index in [1.54, 1.807) is 0 Å². The molecule has 1 rings (SSSR count). The second-order valence-electron chi connectivity index (χ2n) is 4.24. The van der Waals surface area contributed by atoms with Crippen LogP contribution in [0.3, 0.4) is 0 Å². The summed E-state index contributed by atoms with van der Waals surface area (Å²) in [6.45, 7) is 7.50. The standard InChI is InChI=1S/C14H23NO2/c1-5-16-10-14(15-4)12-6-8-13(9-7-12)17-11(2)3/h6-9,11,14-15H,5,10H2,1-4H3. The number of hydrogen-bond donors (Lipinski definition) is 1. The van der Waals surface area contributed by atoms with Crippen LogP contribution >= 0.6 is 0 Å². The van der Waals surface area contributed by atoms with Gasteiger partial charge in [0.2, 0.25) is 0 Å². The van der Waals surface area contributed by atoms with Crippen molar-refractivity contribution in [1.82, 2.24) is 5.32 Å². The first kappa shape index (κ1) is 14.0. The highest BCUT2D eigenvalue weighted by Crippen LogP contribution is 2.18. The number of hydrogen-bond acceptors (Lipinski definition) is 3. The molecule has 0 heterocycles. The fourth-order valence-corrected chi connectivity index (χ4v) is 1.63. The summed E-state index contributed by atoms with van der Waals surface area (Å²) in [5, 5.41) is 3.25. The highest BCUT2D eigenvalue weighted by Gasteiger charge is 2.09. The van der Waals surface area contributed by atoms with Crippen molar-refractivity contribution >= 4 is 0 Å². The fraction of sp³-hybridized carbons (Fsp3) is 0.571. The molecule has 1 unspecified atom stereocenters. The van der Waals surface area contributed by atoms with E-state index in [1.807, 2.05) is 40.0 Å². The lowest BCUT2D eigenvalue weighted by Gasteiger charge is -2.17. The van der Waals surface area contributed by atoms with Crippen molar-refractivity contribution in [2.75, 3.05) is 20.3 Å². The van der Waals surface area contributed by atoms with E-state index in [0.29, 0.717) is 6.61 Å². The predicted molar refractivity (Wildman–Crippen MR) is 70.5 cm³/mol. The van der Waals surface area contributed by atoms with E-state index < -0.39 is 0 Å². The minimum absolute atomic E-state index is 0.212. The maximum absolute atomic E-state index is 5.61. The van der Waals surface area contributed by atoms with Crippen LogP contribution in [0.1, 0.15) is 32.4 Å². The van der Waals surface area contributed by atoms with Gasteiger partial charge in [-0.05, 0) is 45.5 Å². The molecule has 0 amide bonds. The Balaban J connectivity index is 2.64. The number of rotatable bonds is 7. The van der Waals surface area contributed by atoms with Crippen LogP contribution in [-0.4, -0.2) is 26.4 Å². The van der Waals surface area contributed by atoms with Gasteiger partial charge in [-0.3, -0.25) is 0 Å². The third-order valence-electron chi connectivity index (χ3n) is 2.49. The average Bonchev–Trinajstić information content (AvgIpc) is 2.31. The zero-order chi connectivity index (χ0) is 12.7. The Morgan fingerprint density at radius 3 is 2.29 bits per heavy atom. The molecule has 0 bridgehead atoms. The van der Waals surface area contributed by atoms with Crippen molar-refractivity contribution < 1.29 is 9.47 Å². The molecule has 0 aliphatic heterocycles.